The van der Waals surface area contributed by atoms with Crippen LogP contribution in [0.25, 0.3) is 16.5 Å². The third-order valence-corrected chi connectivity index (χ3v) is 5.04. The second-order valence-corrected chi connectivity index (χ2v) is 6.42. The summed E-state index contributed by atoms with van der Waals surface area (Å²) in [6.45, 7) is 0. The number of allylic oxidation sites excluding steroid dienone is 2. The van der Waals surface area contributed by atoms with Crippen LogP contribution < -0.4 is 4.74 Å². The third-order valence-electron chi connectivity index (χ3n) is 5.04. The van der Waals surface area contributed by atoms with Crippen LogP contribution in [0.1, 0.15) is 63.1 Å². The van der Waals surface area contributed by atoms with Crippen molar-refractivity contribution in [1.29, 1.82) is 0 Å². The van der Waals surface area contributed by atoms with Gasteiger partial charge in [0.05, 0.1) is 24.1 Å². The van der Waals surface area contributed by atoms with Crippen molar-refractivity contribution in [2.24, 2.45) is 0 Å². The van der Waals surface area contributed by atoms with Gasteiger partial charge in [-0.1, -0.05) is 18.9 Å². The number of pyridine rings is 1. The number of hydrogen-bond acceptors (Lipinski definition) is 3. The molecule has 4 rings (SSSR count). The van der Waals surface area contributed by atoms with Gasteiger partial charge < -0.3 is 4.74 Å². The molecule has 4 nitrogen and oxygen atoms in total. The molecule has 1 saturated carbocycles. The number of hydrogen-bond donors (Lipinski definition) is 0. The molecule has 0 spiro atoms. The van der Waals surface area contributed by atoms with E-state index in [1.807, 2.05) is 6.20 Å². The molecule has 2 heterocycles. The second kappa shape index (κ2) is 5.75. The van der Waals surface area contributed by atoms with Crippen LogP contribution in [0.3, 0.4) is 0 Å². The highest BCUT2D eigenvalue weighted by Crippen LogP contribution is 2.39. The van der Waals surface area contributed by atoms with Crippen molar-refractivity contribution in [3.05, 3.63) is 24.0 Å². The largest absolute Gasteiger partial charge is 0.480 e. The minimum absolute atomic E-state index is 0.535. The minimum atomic E-state index is 0.535. The van der Waals surface area contributed by atoms with E-state index in [0.717, 1.165) is 23.9 Å². The molecule has 116 valence electrons. The molecule has 2 aliphatic carbocycles. The van der Waals surface area contributed by atoms with Crippen LogP contribution in [-0.2, 0) is 0 Å². The molecule has 0 saturated heterocycles. The number of aromatic nitrogens is 3. The SMILES string of the molecule is COc1nccc2c1c(C1=CCCCC1)nn2C1CCCC1. The van der Waals surface area contributed by atoms with Crippen LogP contribution >= 0.6 is 0 Å². The Bertz CT molecular complexity index is 710. The summed E-state index contributed by atoms with van der Waals surface area (Å²) in [6.07, 6.45) is 14.1. The van der Waals surface area contributed by atoms with E-state index in [0.29, 0.717) is 11.9 Å². The predicted molar refractivity (Wildman–Crippen MR) is 88.0 cm³/mol. The van der Waals surface area contributed by atoms with Gasteiger partial charge in [0.15, 0.2) is 0 Å². The van der Waals surface area contributed by atoms with Gasteiger partial charge in [-0.2, -0.15) is 5.10 Å². The monoisotopic (exact) mass is 297 g/mol. The van der Waals surface area contributed by atoms with Crippen LogP contribution in [0.4, 0.5) is 0 Å². The molecule has 0 bridgehead atoms. The molecule has 0 aromatic carbocycles. The van der Waals surface area contributed by atoms with E-state index in [9.17, 15) is 0 Å². The van der Waals surface area contributed by atoms with E-state index in [1.165, 1.54) is 49.6 Å². The van der Waals surface area contributed by atoms with E-state index in [2.05, 4.69) is 21.8 Å². The molecule has 0 radical (unpaired) electrons. The maximum atomic E-state index is 5.54. The standard InChI is InChI=1S/C18H23N3O/c1-22-18-16-15(11-12-19-18)21(14-9-5-6-10-14)20-17(16)13-7-3-2-4-8-13/h7,11-12,14H,2-6,8-10H2,1H3. The Labute approximate surface area is 131 Å². The van der Waals surface area contributed by atoms with Gasteiger partial charge in [0.2, 0.25) is 5.88 Å². The zero-order valence-corrected chi connectivity index (χ0v) is 13.2. The maximum absolute atomic E-state index is 5.54. The summed E-state index contributed by atoms with van der Waals surface area (Å²) in [5, 5.41) is 6.13. The lowest BCUT2D eigenvalue weighted by molar-refractivity contribution is 0.403. The van der Waals surface area contributed by atoms with Crippen molar-refractivity contribution in [3.8, 4) is 5.88 Å². The van der Waals surface area contributed by atoms with Crippen molar-refractivity contribution in [3.63, 3.8) is 0 Å². The van der Waals surface area contributed by atoms with Gasteiger partial charge in [-0.05, 0) is 50.2 Å². The number of fused-ring (bicyclic) bond motifs is 1. The van der Waals surface area contributed by atoms with Crippen molar-refractivity contribution in [2.45, 2.75) is 57.4 Å². The number of rotatable bonds is 3. The fraction of sp³-hybridized carbons (Fsp3) is 0.556. The highest BCUT2D eigenvalue weighted by Gasteiger charge is 2.25. The summed E-state index contributed by atoms with van der Waals surface area (Å²) in [5.74, 6) is 0.711. The minimum Gasteiger partial charge on any atom is -0.480 e. The number of nitrogens with zero attached hydrogens (tertiary/aromatic N) is 3. The van der Waals surface area contributed by atoms with Crippen LogP contribution in [0, 0.1) is 0 Å². The molecule has 2 aliphatic rings. The van der Waals surface area contributed by atoms with E-state index >= 15 is 0 Å². The molecule has 4 heteroatoms. The second-order valence-electron chi connectivity index (χ2n) is 6.42. The quantitative estimate of drug-likeness (QED) is 0.836. The topological polar surface area (TPSA) is 39.9 Å². The molecule has 0 atom stereocenters. The summed E-state index contributed by atoms with van der Waals surface area (Å²) in [5.41, 5.74) is 3.66. The fourth-order valence-corrected chi connectivity index (χ4v) is 3.92. The smallest absolute Gasteiger partial charge is 0.224 e. The zero-order valence-electron chi connectivity index (χ0n) is 13.2. The Balaban J connectivity index is 1.92. The van der Waals surface area contributed by atoms with E-state index in [-0.39, 0.29) is 0 Å². The molecule has 0 N–H and O–H groups in total. The van der Waals surface area contributed by atoms with Crippen LogP contribution in [0.15, 0.2) is 18.3 Å². The van der Waals surface area contributed by atoms with Crippen molar-refractivity contribution < 1.29 is 4.74 Å². The summed E-state index contributed by atoms with van der Waals surface area (Å²) >= 11 is 0. The van der Waals surface area contributed by atoms with E-state index < -0.39 is 0 Å². The summed E-state index contributed by atoms with van der Waals surface area (Å²) in [6, 6.07) is 2.63. The van der Waals surface area contributed by atoms with Crippen LogP contribution in [0.2, 0.25) is 0 Å². The molecule has 22 heavy (non-hydrogen) atoms. The lowest BCUT2D eigenvalue weighted by Crippen LogP contribution is -2.07. The molecule has 0 unspecified atom stereocenters. The Kier molecular flexibility index (Phi) is 3.60. The normalized spacial score (nSPS) is 19.6. The average molecular weight is 297 g/mol. The molecule has 0 amide bonds. The first-order valence-electron chi connectivity index (χ1n) is 8.49. The molecular formula is C18H23N3O. The van der Waals surface area contributed by atoms with Gasteiger partial charge in [-0.15, -0.1) is 0 Å². The highest BCUT2D eigenvalue weighted by molar-refractivity contribution is 5.94. The molecular weight excluding hydrogens is 274 g/mol. The summed E-state index contributed by atoms with van der Waals surface area (Å²) < 4.78 is 7.79. The summed E-state index contributed by atoms with van der Waals surface area (Å²) in [4.78, 5) is 4.42. The average Bonchev–Trinajstić information content (AvgIpc) is 3.22. The Morgan fingerprint density at radius 3 is 2.77 bits per heavy atom. The number of ether oxygens (including phenoxy) is 1. The van der Waals surface area contributed by atoms with Crippen molar-refractivity contribution in [2.75, 3.05) is 7.11 Å². The van der Waals surface area contributed by atoms with Crippen LogP contribution in [-0.4, -0.2) is 21.9 Å². The van der Waals surface area contributed by atoms with Crippen molar-refractivity contribution >= 4 is 16.5 Å². The van der Waals surface area contributed by atoms with Gasteiger partial charge >= 0.3 is 0 Å². The lowest BCUT2D eigenvalue weighted by atomic mass is 9.96. The van der Waals surface area contributed by atoms with E-state index in [4.69, 9.17) is 9.84 Å². The number of methoxy groups -OCH3 is 1. The van der Waals surface area contributed by atoms with Crippen molar-refractivity contribution in [1.82, 2.24) is 14.8 Å². The van der Waals surface area contributed by atoms with Gasteiger partial charge in [0, 0.05) is 6.20 Å². The molecule has 0 aliphatic heterocycles. The van der Waals surface area contributed by atoms with Crippen LogP contribution in [0.5, 0.6) is 5.88 Å². The maximum Gasteiger partial charge on any atom is 0.224 e. The van der Waals surface area contributed by atoms with Gasteiger partial charge in [-0.3, -0.25) is 4.68 Å². The first kappa shape index (κ1) is 13.8. The molecule has 2 aromatic heterocycles. The highest BCUT2D eigenvalue weighted by atomic mass is 16.5. The van der Waals surface area contributed by atoms with Gasteiger partial charge in [0.1, 0.15) is 5.69 Å². The fourth-order valence-electron chi connectivity index (χ4n) is 3.92. The predicted octanol–water partition coefficient (Wildman–Crippen LogP) is 4.51. The first-order chi connectivity index (χ1) is 10.9. The van der Waals surface area contributed by atoms with E-state index in [1.54, 1.807) is 7.11 Å². The Morgan fingerprint density at radius 1 is 1.18 bits per heavy atom. The third kappa shape index (κ3) is 2.21. The first-order valence-corrected chi connectivity index (χ1v) is 8.49. The summed E-state index contributed by atoms with van der Waals surface area (Å²) in [7, 11) is 1.70. The molecule has 2 aromatic rings. The van der Waals surface area contributed by atoms with Gasteiger partial charge in [0.25, 0.3) is 0 Å². The Morgan fingerprint density at radius 2 is 2.05 bits per heavy atom. The van der Waals surface area contributed by atoms with Gasteiger partial charge in [-0.25, -0.2) is 4.98 Å². The lowest BCUT2D eigenvalue weighted by Gasteiger charge is -2.12. The zero-order chi connectivity index (χ0) is 14.9. The Hall–Kier alpha value is -1.84. The molecule has 1 fully saturated rings.